The van der Waals surface area contributed by atoms with Gasteiger partial charge in [-0.1, -0.05) is 23.7 Å². The third-order valence-electron chi connectivity index (χ3n) is 4.96. The second-order valence-electron chi connectivity index (χ2n) is 7.26. The second-order valence-corrected chi connectivity index (χ2v) is 7.64. The Kier molecular flexibility index (Phi) is 6.09. The predicted molar refractivity (Wildman–Crippen MR) is 122 cm³/mol. The summed E-state index contributed by atoms with van der Waals surface area (Å²) in [5.41, 5.74) is 4.43. The lowest BCUT2D eigenvalue weighted by Gasteiger charge is -2.09. The summed E-state index contributed by atoms with van der Waals surface area (Å²) in [6, 6.07) is 17.7. The minimum absolute atomic E-state index is 0.201. The molecule has 2 aromatic carbocycles. The van der Waals surface area contributed by atoms with Gasteiger partial charge >= 0.3 is 0 Å². The molecule has 2 amide bonds. The van der Waals surface area contributed by atoms with E-state index in [1.165, 1.54) is 6.26 Å². The number of rotatable bonds is 6. The zero-order chi connectivity index (χ0) is 22.7. The number of carbonyl (C=O) groups is 2. The van der Waals surface area contributed by atoms with Gasteiger partial charge in [-0.2, -0.15) is 5.10 Å². The van der Waals surface area contributed by atoms with E-state index in [2.05, 4.69) is 15.7 Å². The minimum atomic E-state index is -0.333. The molecule has 0 bridgehead atoms. The van der Waals surface area contributed by atoms with Gasteiger partial charge in [-0.25, -0.2) is 4.68 Å². The third kappa shape index (κ3) is 4.58. The second kappa shape index (κ2) is 9.11. The Morgan fingerprint density at radius 2 is 1.81 bits per heavy atom. The zero-order valence-corrected chi connectivity index (χ0v) is 18.3. The maximum atomic E-state index is 12.6. The highest BCUT2D eigenvalue weighted by molar-refractivity contribution is 6.31. The van der Waals surface area contributed by atoms with Crippen molar-refractivity contribution in [2.45, 2.75) is 20.4 Å². The summed E-state index contributed by atoms with van der Waals surface area (Å²) < 4.78 is 6.85. The van der Waals surface area contributed by atoms with Gasteiger partial charge in [-0.3, -0.25) is 9.59 Å². The molecule has 0 unspecified atom stereocenters. The fourth-order valence-electron chi connectivity index (χ4n) is 3.27. The van der Waals surface area contributed by atoms with Crippen LogP contribution in [0.3, 0.4) is 0 Å². The van der Waals surface area contributed by atoms with Crippen LogP contribution in [-0.2, 0) is 6.54 Å². The van der Waals surface area contributed by atoms with Gasteiger partial charge in [-0.15, -0.1) is 0 Å². The molecular weight excluding hydrogens is 428 g/mol. The average Bonchev–Trinajstić information content (AvgIpc) is 3.43. The van der Waals surface area contributed by atoms with Gasteiger partial charge in [0.15, 0.2) is 5.76 Å². The summed E-state index contributed by atoms with van der Waals surface area (Å²) in [6.07, 6.45) is 1.44. The molecule has 4 aromatic rings. The van der Waals surface area contributed by atoms with Gasteiger partial charge in [0, 0.05) is 17.8 Å². The molecule has 162 valence electrons. The van der Waals surface area contributed by atoms with Crippen LogP contribution in [0, 0.1) is 13.8 Å². The van der Waals surface area contributed by atoms with E-state index in [0.717, 1.165) is 22.6 Å². The minimum Gasteiger partial charge on any atom is -0.459 e. The van der Waals surface area contributed by atoms with E-state index in [1.54, 1.807) is 41.1 Å². The number of hydrogen-bond donors (Lipinski definition) is 2. The molecule has 0 aliphatic rings. The van der Waals surface area contributed by atoms with E-state index in [0.29, 0.717) is 22.8 Å². The zero-order valence-electron chi connectivity index (χ0n) is 17.6. The maximum Gasteiger partial charge on any atom is 0.291 e. The van der Waals surface area contributed by atoms with E-state index >= 15 is 0 Å². The Bertz CT molecular complexity index is 1260. The molecule has 0 fully saturated rings. The van der Waals surface area contributed by atoms with Crippen molar-refractivity contribution in [3.05, 3.63) is 100 Å². The first-order chi connectivity index (χ1) is 15.4. The number of benzene rings is 2. The molecule has 0 aliphatic heterocycles. The van der Waals surface area contributed by atoms with Crippen LogP contribution < -0.4 is 10.6 Å². The number of nitrogens with one attached hydrogen (secondary N) is 2. The van der Waals surface area contributed by atoms with E-state index in [9.17, 15) is 9.59 Å². The molecule has 0 saturated heterocycles. The number of aromatic nitrogens is 2. The molecular formula is C24H21ClN4O3. The van der Waals surface area contributed by atoms with Crippen molar-refractivity contribution in [2.75, 3.05) is 5.32 Å². The number of amides is 2. The smallest absolute Gasteiger partial charge is 0.291 e. The van der Waals surface area contributed by atoms with E-state index in [1.807, 2.05) is 38.1 Å². The van der Waals surface area contributed by atoms with Crippen LogP contribution in [-0.4, -0.2) is 21.6 Å². The van der Waals surface area contributed by atoms with E-state index in [4.69, 9.17) is 16.0 Å². The molecule has 8 heteroatoms. The Morgan fingerprint density at radius 1 is 1.03 bits per heavy atom. The van der Waals surface area contributed by atoms with Crippen LogP contribution in [0.4, 0.5) is 5.69 Å². The molecule has 0 atom stereocenters. The third-order valence-corrected chi connectivity index (χ3v) is 5.51. The number of furan rings is 1. The van der Waals surface area contributed by atoms with Crippen LogP contribution in [0.1, 0.15) is 37.9 Å². The first-order valence-corrected chi connectivity index (χ1v) is 10.3. The molecule has 2 N–H and O–H groups in total. The SMILES string of the molecule is Cc1nn(-c2ccc(C(=O)NCc3cccc(NC(=O)c4ccco4)c3)cc2)c(C)c1Cl. The highest BCUT2D eigenvalue weighted by Crippen LogP contribution is 2.22. The molecule has 4 rings (SSSR count). The molecule has 2 aromatic heterocycles. The van der Waals surface area contributed by atoms with E-state index in [-0.39, 0.29) is 17.6 Å². The van der Waals surface area contributed by atoms with Crippen LogP contribution in [0.15, 0.2) is 71.3 Å². The van der Waals surface area contributed by atoms with Crippen LogP contribution >= 0.6 is 11.6 Å². The number of halogens is 1. The highest BCUT2D eigenvalue weighted by atomic mass is 35.5. The highest BCUT2D eigenvalue weighted by Gasteiger charge is 2.12. The molecule has 2 heterocycles. The van der Waals surface area contributed by atoms with Crippen LogP contribution in [0.2, 0.25) is 5.02 Å². The van der Waals surface area contributed by atoms with Gasteiger partial charge < -0.3 is 15.1 Å². The number of hydrogen-bond acceptors (Lipinski definition) is 4. The van der Waals surface area contributed by atoms with Crippen molar-refractivity contribution in [1.82, 2.24) is 15.1 Å². The number of anilines is 1. The fourth-order valence-corrected chi connectivity index (χ4v) is 3.39. The van der Waals surface area contributed by atoms with Gasteiger partial charge in [0.1, 0.15) is 0 Å². The number of aryl methyl sites for hydroxylation is 1. The summed E-state index contributed by atoms with van der Waals surface area (Å²) in [7, 11) is 0. The molecule has 7 nitrogen and oxygen atoms in total. The van der Waals surface area contributed by atoms with Crippen molar-refractivity contribution in [1.29, 1.82) is 0 Å². The van der Waals surface area contributed by atoms with Gasteiger partial charge in [0.25, 0.3) is 11.8 Å². The quantitative estimate of drug-likeness (QED) is 0.438. The van der Waals surface area contributed by atoms with Crippen LogP contribution in [0.5, 0.6) is 0 Å². The number of nitrogens with zero attached hydrogens (tertiary/aromatic N) is 2. The molecule has 0 aliphatic carbocycles. The summed E-state index contributed by atoms with van der Waals surface area (Å²) in [5, 5.41) is 10.7. The first kappa shape index (κ1) is 21.4. The molecule has 32 heavy (non-hydrogen) atoms. The van der Waals surface area contributed by atoms with E-state index < -0.39 is 0 Å². The largest absolute Gasteiger partial charge is 0.459 e. The summed E-state index contributed by atoms with van der Waals surface area (Å²) in [4.78, 5) is 24.7. The molecule has 0 radical (unpaired) electrons. The monoisotopic (exact) mass is 448 g/mol. The van der Waals surface area contributed by atoms with Gasteiger partial charge in [0.2, 0.25) is 0 Å². The molecule has 0 spiro atoms. The topological polar surface area (TPSA) is 89.2 Å². The van der Waals surface area contributed by atoms with Crippen molar-refractivity contribution in [3.63, 3.8) is 0 Å². The van der Waals surface area contributed by atoms with Crippen molar-refractivity contribution in [2.24, 2.45) is 0 Å². The standard InChI is InChI=1S/C24H21ClN4O3/c1-15-22(25)16(2)29(28-15)20-10-8-18(9-11-20)23(30)26-14-17-5-3-6-19(13-17)27-24(31)21-7-4-12-32-21/h3-13H,14H2,1-2H3,(H,26,30)(H,27,31). The summed E-state index contributed by atoms with van der Waals surface area (Å²) in [5.74, 6) is -0.303. The lowest BCUT2D eigenvalue weighted by molar-refractivity contribution is 0.0949. The summed E-state index contributed by atoms with van der Waals surface area (Å²) in [6.45, 7) is 4.07. The Hall–Kier alpha value is -3.84. The first-order valence-electron chi connectivity index (χ1n) is 9.96. The normalized spacial score (nSPS) is 10.7. The predicted octanol–water partition coefficient (Wildman–Crippen LogP) is 4.92. The lowest BCUT2D eigenvalue weighted by Crippen LogP contribution is -2.23. The lowest BCUT2D eigenvalue weighted by atomic mass is 10.1. The Labute approximate surface area is 190 Å². The van der Waals surface area contributed by atoms with Crippen molar-refractivity contribution < 1.29 is 14.0 Å². The van der Waals surface area contributed by atoms with Crippen molar-refractivity contribution >= 4 is 29.1 Å². The summed E-state index contributed by atoms with van der Waals surface area (Å²) >= 11 is 6.22. The fraction of sp³-hybridized carbons (Fsp3) is 0.125. The van der Waals surface area contributed by atoms with Gasteiger partial charge in [0.05, 0.1) is 28.4 Å². The Balaban J connectivity index is 1.38. The maximum absolute atomic E-state index is 12.6. The van der Waals surface area contributed by atoms with Crippen molar-refractivity contribution in [3.8, 4) is 5.69 Å². The number of carbonyl (C=O) groups excluding carboxylic acids is 2. The average molecular weight is 449 g/mol. The van der Waals surface area contributed by atoms with Gasteiger partial charge in [-0.05, 0) is 67.9 Å². The molecule has 0 saturated carbocycles. The van der Waals surface area contributed by atoms with Crippen LogP contribution in [0.25, 0.3) is 5.69 Å². The Morgan fingerprint density at radius 3 is 2.47 bits per heavy atom.